The number of carbonyl (C=O) groups excluding carboxylic acids is 2. The minimum absolute atomic E-state index is 0.0534. The van der Waals surface area contributed by atoms with Crippen molar-refractivity contribution in [3.05, 3.63) is 11.3 Å². The van der Waals surface area contributed by atoms with Crippen molar-refractivity contribution in [2.75, 3.05) is 5.75 Å². The highest BCUT2D eigenvalue weighted by molar-refractivity contribution is 8.00. The zero-order valence-corrected chi connectivity index (χ0v) is 9.28. The Kier molecular flexibility index (Phi) is 2.63. The van der Waals surface area contributed by atoms with Crippen molar-refractivity contribution >= 4 is 30.0 Å². The lowest BCUT2D eigenvalue weighted by Crippen LogP contribution is -2.69. The third kappa shape index (κ3) is 1.39. The fourth-order valence-corrected chi connectivity index (χ4v) is 3.17. The number of hydrogen-bond acceptors (Lipinski definition) is 4. The smallest absolute Gasteiger partial charge is 0.352 e. The highest BCUT2D eigenvalue weighted by atomic mass is 32.2. The summed E-state index contributed by atoms with van der Waals surface area (Å²) in [5.74, 6) is -0.894. The maximum absolute atomic E-state index is 11.6. The number of carboxylic acid groups (broad SMARTS) is 1. The molecule has 0 aromatic rings. The van der Waals surface area contributed by atoms with Gasteiger partial charge in [-0.2, -0.15) is 0 Å². The van der Waals surface area contributed by atoms with E-state index in [9.17, 15) is 14.4 Å². The van der Waals surface area contributed by atoms with Gasteiger partial charge in [0.2, 0.25) is 6.41 Å². The number of fused-ring (bicyclic) bond motifs is 1. The molecule has 0 saturated carbocycles. The van der Waals surface area contributed by atoms with Crippen LogP contribution >= 0.6 is 11.8 Å². The van der Waals surface area contributed by atoms with Gasteiger partial charge in [0.1, 0.15) is 17.1 Å². The first-order valence-electron chi connectivity index (χ1n) is 4.65. The molecule has 2 amide bonds. The Hall–Kier alpha value is -1.50. The van der Waals surface area contributed by atoms with Crippen molar-refractivity contribution in [1.82, 2.24) is 10.2 Å². The average Bonchev–Trinajstić information content (AvgIpc) is 2.25. The van der Waals surface area contributed by atoms with Crippen LogP contribution in [0.5, 0.6) is 0 Å². The first-order chi connectivity index (χ1) is 7.57. The van der Waals surface area contributed by atoms with Crippen LogP contribution < -0.4 is 5.32 Å². The standard InChI is InChI=1S/C9H10N2O4S/c1-4-2-16-8-5(10-3-12)7(13)11(8)6(4)9(14)15/h3,5,8H,2H2,1H3,(H,10,12)(H,14,15)/t5-,8-/m1/s1. The maximum atomic E-state index is 11.6. The van der Waals surface area contributed by atoms with Gasteiger partial charge in [0.05, 0.1) is 0 Å². The Labute approximate surface area is 95.7 Å². The number of amides is 2. The van der Waals surface area contributed by atoms with Crippen LogP contribution in [0.4, 0.5) is 0 Å². The number of rotatable bonds is 3. The summed E-state index contributed by atoms with van der Waals surface area (Å²) >= 11 is 1.46. The van der Waals surface area contributed by atoms with Crippen LogP contribution in [-0.2, 0) is 14.4 Å². The summed E-state index contributed by atoms with van der Waals surface area (Å²) in [5.41, 5.74) is 0.726. The van der Waals surface area contributed by atoms with Gasteiger partial charge in [0, 0.05) is 5.75 Å². The Morgan fingerprint density at radius 1 is 1.69 bits per heavy atom. The summed E-state index contributed by atoms with van der Waals surface area (Å²) in [5, 5.41) is 11.1. The van der Waals surface area contributed by atoms with Crippen molar-refractivity contribution in [3.8, 4) is 0 Å². The topological polar surface area (TPSA) is 86.7 Å². The van der Waals surface area contributed by atoms with E-state index < -0.39 is 12.0 Å². The second kappa shape index (κ2) is 3.82. The molecule has 0 aromatic heterocycles. The Balaban J connectivity index is 2.27. The number of hydrogen-bond donors (Lipinski definition) is 2. The summed E-state index contributed by atoms with van der Waals surface area (Å²) in [4.78, 5) is 34.2. The predicted molar refractivity (Wildman–Crippen MR) is 56.4 cm³/mol. The molecular formula is C9H10N2O4S. The van der Waals surface area contributed by atoms with E-state index in [4.69, 9.17) is 5.11 Å². The summed E-state index contributed by atoms with van der Waals surface area (Å²) < 4.78 is 0. The van der Waals surface area contributed by atoms with E-state index in [-0.39, 0.29) is 17.0 Å². The first-order valence-corrected chi connectivity index (χ1v) is 5.70. The Morgan fingerprint density at radius 3 is 2.94 bits per heavy atom. The second-order valence-corrected chi connectivity index (χ2v) is 4.71. The average molecular weight is 242 g/mol. The number of carbonyl (C=O) groups is 3. The van der Waals surface area contributed by atoms with Gasteiger partial charge in [-0.25, -0.2) is 4.79 Å². The van der Waals surface area contributed by atoms with Gasteiger partial charge in [-0.3, -0.25) is 14.5 Å². The first kappa shape index (κ1) is 11.0. The molecule has 0 unspecified atom stereocenters. The molecule has 2 heterocycles. The normalized spacial score (nSPS) is 28.3. The molecule has 7 heteroatoms. The van der Waals surface area contributed by atoms with E-state index in [2.05, 4.69) is 5.32 Å². The van der Waals surface area contributed by atoms with Crippen LogP contribution in [0.25, 0.3) is 0 Å². The summed E-state index contributed by atoms with van der Waals surface area (Å²) in [6.45, 7) is 1.69. The number of thioether (sulfide) groups is 1. The number of nitrogens with zero attached hydrogens (tertiary/aromatic N) is 1. The fourth-order valence-electron chi connectivity index (χ4n) is 1.87. The van der Waals surface area contributed by atoms with E-state index in [1.54, 1.807) is 6.92 Å². The molecule has 2 aliphatic heterocycles. The van der Waals surface area contributed by atoms with Gasteiger partial charge >= 0.3 is 5.97 Å². The van der Waals surface area contributed by atoms with Crippen LogP contribution in [0.3, 0.4) is 0 Å². The molecule has 0 radical (unpaired) electrons. The SMILES string of the molecule is CC1=C(C(=O)O)N2C(=O)[C@@H](NC=O)[C@H]2SC1. The molecular weight excluding hydrogens is 232 g/mol. The highest BCUT2D eigenvalue weighted by Gasteiger charge is 2.52. The third-order valence-electron chi connectivity index (χ3n) is 2.61. The Morgan fingerprint density at radius 2 is 2.38 bits per heavy atom. The third-order valence-corrected chi connectivity index (χ3v) is 4.03. The Bertz CT molecular complexity index is 406. The van der Waals surface area contributed by atoms with E-state index in [1.165, 1.54) is 16.7 Å². The van der Waals surface area contributed by atoms with E-state index in [0.29, 0.717) is 17.7 Å². The van der Waals surface area contributed by atoms with Crippen LogP contribution in [-0.4, -0.2) is 45.5 Å². The maximum Gasteiger partial charge on any atom is 0.352 e. The molecule has 86 valence electrons. The van der Waals surface area contributed by atoms with Crippen molar-refractivity contribution in [2.24, 2.45) is 0 Å². The van der Waals surface area contributed by atoms with Crippen LogP contribution in [0.1, 0.15) is 6.92 Å². The van der Waals surface area contributed by atoms with Crippen molar-refractivity contribution in [1.29, 1.82) is 0 Å². The summed E-state index contributed by atoms with van der Waals surface area (Å²) in [6, 6.07) is -0.593. The number of β-lactam (4-membered cyclic amide) rings is 1. The zero-order chi connectivity index (χ0) is 11.9. The molecule has 1 saturated heterocycles. The van der Waals surface area contributed by atoms with Crippen LogP contribution in [0.2, 0.25) is 0 Å². The molecule has 1 fully saturated rings. The molecule has 2 aliphatic rings. The largest absolute Gasteiger partial charge is 0.477 e. The lowest BCUT2D eigenvalue weighted by molar-refractivity contribution is -0.149. The number of aliphatic carboxylic acids is 1. The lowest BCUT2D eigenvalue weighted by Gasteiger charge is -2.48. The molecule has 0 aliphatic carbocycles. The van der Waals surface area contributed by atoms with Gasteiger partial charge in [-0.15, -0.1) is 11.8 Å². The molecule has 2 N–H and O–H groups in total. The summed E-state index contributed by atoms with van der Waals surface area (Å²) in [7, 11) is 0. The molecule has 0 spiro atoms. The number of nitrogens with one attached hydrogen (secondary N) is 1. The molecule has 0 aromatic carbocycles. The van der Waals surface area contributed by atoms with Gasteiger partial charge in [-0.1, -0.05) is 0 Å². The molecule has 2 atom stereocenters. The van der Waals surface area contributed by atoms with Gasteiger partial charge in [-0.05, 0) is 12.5 Å². The van der Waals surface area contributed by atoms with Crippen molar-refractivity contribution in [2.45, 2.75) is 18.3 Å². The van der Waals surface area contributed by atoms with Gasteiger partial charge < -0.3 is 10.4 Å². The van der Waals surface area contributed by atoms with E-state index in [0.717, 1.165) is 0 Å². The predicted octanol–water partition coefficient (Wildman–Crippen LogP) is -0.625. The summed E-state index contributed by atoms with van der Waals surface area (Å²) in [6.07, 6.45) is 0.464. The minimum atomic E-state index is -1.10. The molecule has 6 nitrogen and oxygen atoms in total. The highest BCUT2D eigenvalue weighted by Crippen LogP contribution is 2.39. The van der Waals surface area contributed by atoms with Gasteiger partial charge in [0.15, 0.2) is 0 Å². The molecule has 0 bridgehead atoms. The molecule has 16 heavy (non-hydrogen) atoms. The van der Waals surface area contributed by atoms with Crippen molar-refractivity contribution < 1.29 is 19.5 Å². The van der Waals surface area contributed by atoms with E-state index in [1.807, 2.05) is 0 Å². The fraction of sp³-hybridized carbons (Fsp3) is 0.444. The van der Waals surface area contributed by atoms with Gasteiger partial charge in [0.25, 0.3) is 5.91 Å². The zero-order valence-electron chi connectivity index (χ0n) is 8.47. The lowest BCUT2D eigenvalue weighted by atomic mass is 10.0. The quantitative estimate of drug-likeness (QED) is 0.508. The second-order valence-electron chi connectivity index (χ2n) is 3.61. The van der Waals surface area contributed by atoms with E-state index >= 15 is 0 Å². The van der Waals surface area contributed by atoms with Crippen LogP contribution in [0, 0.1) is 0 Å². The minimum Gasteiger partial charge on any atom is -0.477 e. The van der Waals surface area contributed by atoms with Crippen LogP contribution in [0.15, 0.2) is 11.3 Å². The molecule has 2 rings (SSSR count). The number of carboxylic acids is 1. The monoisotopic (exact) mass is 242 g/mol. The van der Waals surface area contributed by atoms with Crippen molar-refractivity contribution in [3.63, 3.8) is 0 Å².